The van der Waals surface area contributed by atoms with Crippen LogP contribution in [0, 0.1) is 5.92 Å². The van der Waals surface area contributed by atoms with Crippen molar-refractivity contribution in [2.75, 3.05) is 12.4 Å². The Morgan fingerprint density at radius 3 is 2.94 bits per heavy atom. The molecule has 1 rings (SSSR count). The first-order valence-corrected chi connectivity index (χ1v) is 7.54. The number of carbonyl (C=O) groups is 1. The fourth-order valence-electron chi connectivity index (χ4n) is 2.09. The van der Waals surface area contributed by atoms with E-state index in [9.17, 15) is 4.79 Å². The summed E-state index contributed by atoms with van der Waals surface area (Å²) in [5.74, 6) is 1.35. The van der Waals surface area contributed by atoms with Gasteiger partial charge in [0.1, 0.15) is 0 Å². The molecular weight excluding hydrogens is 220 g/mol. The zero-order chi connectivity index (χ0) is 11.8. The molecule has 1 fully saturated rings. The van der Waals surface area contributed by atoms with Crippen molar-refractivity contribution >= 4 is 17.7 Å². The Kier molecular flexibility index (Phi) is 6.93. The number of rotatable bonds is 6. The first kappa shape index (κ1) is 13.9. The fourth-order valence-corrected chi connectivity index (χ4v) is 3.34. The highest BCUT2D eigenvalue weighted by atomic mass is 32.2. The highest BCUT2D eigenvalue weighted by Crippen LogP contribution is 2.31. The Morgan fingerprint density at radius 2 is 2.25 bits per heavy atom. The van der Waals surface area contributed by atoms with Gasteiger partial charge in [-0.3, -0.25) is 4.79 Å². The smallest absolute Gasteiger partial charge is 0.315 e. The van der Waals surface area contributed by atoms with Crippen LogP contribution in [0.2, 0.25) is 0 Å². The van der Waals surface area contributed by atoms with Gasteiger partial charge in [0.2, 0.25) is 0 Å². The highest BCUT2D eigenvalue weighted by molar-refractivity contribution is 8.00. The van der Waals surface area contributed by atoms with E-state index in [0.717, 1.165) is 18.8 Å². The molecule has 0 aliphatic heterocycles. The van der Waals surface area contributed by atoms with E-state index in [-0.39, 0.29) is 5.97 Å². The van der Waals surface area contributed by atoms with Gasteiger partial charge in [-0.1, -0.05) is 33.1 Å². The molecule has 0 aromatic carbocycles. The second-order valence-electron chi connectivity index (χ2n) is 4.78. The van der Waals surface area contributed by atoms with E-state index < -0.39 is 0 Å². The molecule has 2 unspecified atom stereocenters. The normalized spacial score (nSPS) is 25.4. The van der Waals surface area contributed by atoms with Crippen molar-refractivity contribution in [1.82, 2.24) is 0 Å². The van der Waals surface area contributed by atoms with Crippen LogP contribution in [0.5, 0.6) is 0 Å². The van der Waals surface area contributed by atoms with E-state index in [2.05, 4.69) is 13.8 Å². The van der Waals surface area contributed by atoms with E-state index >= 15 is 0 Å². The van der Waals surface area contributed by atoms with E-state index in [0.29, 0.717) is 17.6 Å². The maximum atomic E-state index is 11.4. The second kappa shape index (κ2) is 7.99. The van der Waals surface area contributed by atoms with Gasteiger partial charge in [-0.05, 0) is 25.2 Å². The van der Waals surface area contributed by atoms with Gasteiger partial charge in [-0.15, -0.1) is 11.8 Å². The molecule has 0 aromatic rings. The molecule has 2 atom stereocenters. The van der Waals surface area contributed by atoms with Crippen LogP contribution in [-0.4, -0.2) is 23.6 Å². The van der Waals surface area contributed by atoms with Crippen LogP contribution in [0.1, 0.15) is 52.4 Å². The zero-order valence-corrected chi connectivity index (χ0v) is 11.4. The molecule has 94 valence electrons. The van der Waals surface area contributed by atoms with E-state index in [1.54, 1.807) is 11.8 Å². The largest absolute Gasteiger partial charge is 0.465 e. The van der Waals surface area contributed by atoms with Crippen molar-refractivity contribution in [2.24, 2.45) is 5.92 Å². The van der Waals surface area contributed by atoms with Gasteiger partial charge < -0.3 is 4.74 Å². The third-order valence-electron chi connectivity index (χ3n) is 3.09. The molecule has 16 heavy (non-hydrogen) atoms. The lowest BCUT2D eigenvalue weighted by molar-refractivity contribution is -0.140. The van der Waals surface area contributed by atoms with Crippen molar-refractivity contribution in [2.45, 2.75) is 57.6 Å². The average Bonchev–Trinajstić information content (AvgIpc) is 2.27. The van der Waals surface area contributed by atoms with Gasteiger partial charge in [-0.25, -0.2) is 0 Å². The quantitative estimate of drug-likeness (QED) is 0.527. The van der Waals surface area contributed by atoms with Gasteiger partial charge >= 0.3 is 5.97 Å². The molecule has 3 heteroatoms. The molecule has 0 amide bonds. The van der Waals surface area contributed by atoms with Crippen molar-refractivity contribution < 1.29 is 9.53 Å². The van der Waals surface area contributed by atoms with Gasteiger partial charge in [0.25, 0.3) is 0 Å². The predicted octanol–water partition coefficient (Wildman–Crippen LogP) is 3.64. The maximum Gasteiger partial charge on any atom is 0.315 e. The summed E-state index contributed by atoms with van der Waals surface area (Å²) in [6.07, 6.45) is 7.29. The van der Waals surface area contributed by atoms with Gasteiger partial charge in [-0.2, -0.15) is 0 Å². The standard InChI is InChI=1S/C13H24O2S/c1-3-4-8-15-13(14)10-16-12-7-5-6-11(2)9-12/h11-12H,3-10H2,1-2H3. The summed E-state index contributed by atoms with van der Waals surface area (Å²) >= 11 is 1.79. The second-order valence-corrected chi connectivity index (χ2v) is 6.07. The molecule has 1 saturated carbocycles. The molecule has 0 bridgehead atoms. The van der Waals surface area contributed by atoms with E-state index in [1.165, 1.54) is 25.7 Å². The van der Waals surface area contributed by atoms with Gasteiger partial charge in [0.05, 0.1) is 12.4 Å². The molecule has 0 aromatic heterocycles. The number of hydrogen-bond donors (Lipinski definition) is 0. The Bertz CT molecular complexity index is 206. The minimum absolute atomic E-state index is 0.0309. The summed E-state index contributed by atoms with van der Waals surface area (Å²) in [4.78, 5) is 11.4. The van der Waals surface area contributed by atoms with Crippen molar-refractivity contribution in [3.8, 4) is 0 Å². The average molecular weight is 244 g/mol. The molecule has 0 spiro atoms. The van der Waals surface area contributed by atoms with Crippen LogP contribution >= 0.6 is 11.8 Å². The molecule has 0 heterocycles. The number of thioether (sulfide) groups is 1. The Hall–Kier alpha value is -0.180. The first-order valence-electron chi connectivity index (χ1n) is 6.49. The van der Waals surface area contributed by atoms with Crippen LogP contribution < -0.4 is 0 Å². The predicted molar refractivity (Wildman–Crippen MR) is 69.7 cm³/mol. The topological polar surface area (TPSA) is 26.3 Å². The number of hydrogen-bond acceptors (Lipinski definition) is 3. The van der Waals surface area contributed by atoms with Crippen LogP contribution in [0.25, 0.3) is 0 Å². The molecule has 0 radical (unpaired) electrons. The van der Waals surface area contributed by atoms with Crippen LogP contribution in [0.15, 0.2) is 0 Å². The minimum atomic E-state index is -0.0309. The summed E-state index contributed by atoms with van der Waals surface area (Å²) in [7, 11) is 0. The van der Waals surface area contributed by atoms with E-state index in [4.69, 9.17) is 4.74 Å². The van der Waals surface area contributed by atoms with Crippen LogP contribution in [-0.2, 0) is 9.53 Å². The lowest BCUT2D eigenvalue weighted by Crippen LogP contribution is -2.18. The van der Waals surface area contributed by atoms with Crippen molar-refractivity contribution in [3.05, 3.63) is 0 Å². The molecule has 0 saturated heterocycles. The van der Waals surface area contributed by atoms with Gasteiger partial charge in [0, 0.05) is 5.25 Å². The van der Waals surface area contributed by atoms with E-state index in [1.807, 2.05) is 0 Å². The molecule has 2 nitrogen and oxygen atoms in total. The summed E-state index contributed by atoms with van der Waals surface area (Å²) in [6.45, 7) is 5.01. The fraction of sp³-hybridized carbons (Fsp3) is 0.923. The lowest BCUT2D eigenvalue weighted by atomic mass is 9.91. The molecular formula is C13H24O2S. The first-order chi connectivity index (χ1) is 7.72. The number of ether oxygens (including phenoxy) is 1. The zero-order valence-electron chi connectivity index (χ0n) is 10.5. The summed E-state index contributed by atoms with van der Waals surface area (Å²) in [5.41, 5.74) is 0. The highest BCUT2D eigenvalue weighted by Gasteiger charge is 2.20. The third-order valence-corrected chi connectivity index (χ3v) is 4.39. The summed E-state index contributed by atoms with van der Waals surface area (Å²) < 4.78 is 5.14. The monoisotopic (exact) mass is 244 g/mol. The van der Waals surface area contributed by atoms with Crippen molar-refractivity contribution in [1.29, 1.82) is 0 Å². The molecule has 0 N–H and O–H groups in total. The minimum Gasteiger partial charge on any atom is -0.465 e. The SMILES string of the molecule is CCCCOC(=O)CSC1CCCC(C)C1. The number of unbranched alkanes of at least 4 members (excludes halogenated alkanes) is 1. The third kappa shape index (κ3) is 5.78. The van der Waals surface area contributed by atoms with Crippen LogP contribution in [0.4, 0.5) is 0 Å². The Morgan fingerprint density at radius 1 is 1.44 bits per heavy atom. The maximum absolute atomic E-state index is 11.4. The van der Waals surface area contributed by atoms with Crippen molar-refractivity contribution in [3.63, 3.8) is 0 Å². The molecule has 1 aliphatic carbocycles. The summed E-state index contributed by atoms with van der Waals surface area (Å²) in [5, 5.41) is 0.683. The molecule has 1 aliphatic rings. The Labute approximate surface area is 104 Å². The lowest BCUT2D eigenvalue weighted by Gasteiger charge is -2.25. The Balaban J connectivity index is 2.06. The number of carbonyl (C=O) groups excluding carboxylic acids is 1. The number of esters is 1. The summed E-state index contributed by atoms with van der Waals surface area (Å²) in [6, 6.07) is 0. The van der Waals surface area contributed by atoms with Crippen LogP contribution in [0.3, 0.4) is 0 Å². The van der Waals surface area contributed by atoms with Gasteiger partial charge in [0.15, 0.2) is 0 Å².